The van der Waals surface area contributed by atoms with Gasteiger partial charge in [-0.25, -0.2) is 9.59 Å². The lowest BCUT2D eigenvalue weighted by Crippen LogP contribution is -2.12. The van der Waals surface area contributed by atoms with Gasteiger partial charge >= 0.3 is 11.9 Å². The summed E-state index contributed by atoms with van der Waals surface area (Å²) in [4.78, 5) is 27.1. The number of allylic oxidation sites excluding steroid dienone is 1. The summed E-state index contributed by atoms with van der Waals surface area (Å²) < 4.78 is 10.6. The number of ether oxygens (including phenoxy) is 2. The molecule has 198 valence electrons. The van der Waals surface area contributed by atoms with Gasteiger partial charge in [0.2, 0.25) is 0 Å². The molecule has 1 aliphatic heterocycles. The molecule has 0 spiro atoms. The molecule has 0 saturated heterocycles. The second kappa shape index (κ2) is 12.9. The van der Waals surface area contributed by atoms with Crippen molar-refractivity contribution in [3.05, 3.63) is 85.1 Å². The summed E-state index contributed by atoms with van der Waals surface area (Å²) in [6, 6.07) is 14.1. The summed E-state index contributed by atoms with van der Waals surface area (Å²) >= 11 is 14.6. The van der Waals surface area contributed by atoms with Crippen LogP contribution in [0.25, 0.3) is 22.8 Å². The van der Waals surface area contributed by atoms with Crippen LogP contribution in [0.15, 0.2) is 59.0 Å². The molecule has 6 nitrogen and oxygen atoms in total. The number of thiophene rings is 1. The van der Waals surface area contributed by atoms with Crippen LogP contribution in [-0.4, -0.2) is 30.2 Å². The lowest BCUT2D eigenvalue weighted by Gasteiger charge is -2.10. The Morgan fingerprint density at radius 1 is 0.921 bits per heavy atom. The van der Waals surface area contributed by atoms with Crippen LogP contribution >= 0.6 is 58.7 Å². The van der Waals surface area contributed by atoms with Crippen LogP contribution in [0.1, 0.15) is 34.6 Å². The van der Waals surface area contributed by atoms with Crippen molar-refractivity contribution in [1.29, 1.82) is 5.41 Å². The van der Waals surface area contributed by atoms with Gasteiger partial charge in [0.25, 0.3) is 0 Å². The minimum Gasteiger partial charge on any atom is -0.462 e. The zero-order valence-electron chi connectivity index (χ0n) is 20.3. The number of nitrogen functional groups attached to an aromatic ring is 1. The number of nitrogens with two attached hydrogens (primary N) is 1. The van der Waals surface area contributed by atoms with E-state index in [9.17, 15) is 9.59 Å². The molecule has 0 amide bonds. The Kier molecular flexibility index (Phi) is 10.1. The van der Waals surface area contributed by atoms with Gasteiger partial charge in [-0.05, 0) is 55.3 Å². The highest BCUT2D eigenvalue weighted by Gasteiger charge is 2.33. The quantitative estimate of drug-likeness (QED) is 0.263. The summed E-state index contributed by atoms with van der Waals surface area (Å²) in [7, 11) is 0. The van der Waals surface area contributed by atoms with E-state index in [-0.39, 0.29) is 41.8 Å². The van der Waals surface area contributed by atoms with E-state index in [1.807, 2.05) is 6.08 Å². The molecule has 0 unspecified atom stereocenters. The third-order valence-corrected chi connectivity index (χ3v) is 7.81. The second-order valence-corrected chi connectivity index (χ2v) is 10.7. The van der Waals surface area contributed by atoms with E-state index in [4.69, 9.17) is 43.8 Å². The Morgan fingerprint density at radius 2 is 1.45 bits per heavy atom. The van der Waals surface area contributed by atoms with Gasteiger partial charge in [0.1, 0.15) is 21.2 Å². The largest absolute Gasteiger partial charge is 0.462 e. The number of carbonyl (C=O) groups excluding carboxylic acids is 2. The molecular weight excluding hydrogens is 587 g/mol. The molecule has 0 radical (unpaired) electrons. The van der Waals surface area contributed by atoms with Gasteiger partial charge in [0.05, 0.1) is 13.2 Å². The summed E-state index contributed by atoms with van der Waals surface area (Å²) in [6.45, 7) is 3.82. The monoisotopic (exact) mass is 608 g/mol. The Hall–Kier alpha value is -2.75. The number of carbonyl (C=O) groups is 2. The number of halogens is 3. The van der Waals surface area contributed by atoms with Crippen LogP contribution in [0.3, 0.4) is 0 Å². The van der Waals surface area contributed by atoms with Crippen molar-refractivity contribution in [1.82, 2.24) is 0 Å². The average molecular weight is 610 g/mol. The first kappa shape index (κ1) is 29.8. The molecule has 0 bridgehead atoms. The van der Waals surface area contributed by atoms with Crippen molar-refractivity contribution in [3.8, 4) is 11.1 Å². The Labute approximate surface area is 244 Å². The number of thioether (sulfide) groups is 1. The normalized spacial score (nSPS) is 14.0. The maximum Gasteiger partial charge on any atom is 0.341 e. The van der Waals surface area contributed by atoms with Crippen molar-refractivity contribution < 1.29 is 19.1 Å². The van der Waals surface area contributed by atoms with Crippen molar-refractivity contribution >= 4 is 92.3 Å². The van der Waals surface area contributed by atoms with Crippen molar-refractivity contribution in [3.63, 3.8) is 0 Å². The summed E-state index contributed by atoms with van der Waals surface area (Å²) in [6.07, 6.45) is 1.84. The molecule has 4 rings (SSSR count). The maximum absolute atomic E-state index is 12.9. The number of nitrogens with one attached hydrogen (secondary N) is 1. The fraction of sp³-hybridized carbons (Fsp3) is 0.148. The molecule has 1 aromatic heterocycles. The maximum atomic E-state index is 12.9. The van der Waals surface area contributed by atoms with Gasteiger partial charge in [-0.2, -0.15) is 0 Å². The number of esters is 2. The van der Waals surface area contributed by atoms with Gasteiger partial charge in [-0.3, -0.25) is 5.41 Å². The van der Waals surface area contributed by atoms with Crippen LogP contribution < -0.4 is 5.73 Å². The average Bonchev–Trinajstić information content (AvgIpc) is 3.36. The van der Waals surface area contributed by atoms with Gasteiger partial charge in [-0.1, -0.05) is 59.2 Å². The van der Waals surface area contributed by atoms with Gasteiger partial charge in [0, 0.05) is 31.0 Å². The minimum absolute atomic E-state index is 0. The predicted octanol–water partition coefficient (Wildman–Crippen LogP) is 7.98. The minimum atomic E-state index is -0.579. The van der Waals surface area contributed by atoms with Gasteiger partial charge in [-0.15, -0.1) is 23.7 Å². The Balaban J connectivity index is 0.00000400. The van der Waals surface area contributed by atoms with E-state index in [0.717, 1.165) is 17.3 Å². The lowest BCUT2D eigenvalue weighted by atomic mass is 9.97. The van der Waals surface area contributed by atoms with E-state index in [0.29, 0.717) is 41.5 Å². The molecule has 0 saturated carbocycles. The van der Waals surface area contributed by atoms with Crippen LogP contribution in [0.5, 0.6) is 0 Å². The summed E-state index contributed by atoms with van der Waals surface area (Å²) in [5.74, 6) is -1.11. The van der Waals surface area contributed by atoms with Crippen LogP contribution in [0, 0.1) is 5.41 Å². The molecule has 0 aliphatic carbocycles. The SMILES string of the molecule is CCOC(=O)C1=C(c2ccc(Cl)cc2)/C(=C/c2sc(N)c(C(=O)OCC)c2-c2ccc(Cl)cc2)SC1=N.Cl. The van der Waals surface area contributed by atoms with E-state index in [1.165, 1.54) is 11.3 Å². The van der Waals surface area contributed by atoms with Crippen molar-refractivity contribution in [2.45, 2.75) is 13.8 Å². The number of benzene rings is 2. The van der Waals surface area contributed by atoms with Crippen molar-refractivity contribution in [2.24, 2.45) is 0 Å². The molecule has 3 N–H and O–H groups in total. The highest BCUT2D eigenvalue weighted by molar-refractivity contribution is 8.18. The van der Waals surface area contributed by atoms with Crippen LogP contribution in [0.4, 0.5) is 5.00 Å². The number of hydrogen-bond donors (Lipinski definition) is 2. The zero-order chi connectivity index (χ0) is 26.7. The van der Waals surface area contributed by atoms with E-state index in [2.05, 4.69) is 0 Å². The van der Waals surface area contributed by atoms with E-state index >= 15 is 0 Å². The number of hydrogen-bond acceptors (Lipinski definition) is 8. The smallest absolute Gasteiger partial charge is 0.341 e. The molecule has 0 fully saturated rings. The topological polar surface area (TPSA) is 102 Å². The molecular formula is C27H23Cl3N2O4S2. The molecule has 2 aromatic carbocycles. The first-order chi connectivity index (χ1) is 17.7. The second-order valence-electron chi connectivity index (χ2n) is 7.73. The van der Waals surface area contributed by atoms with Crippen LogP contribution in [-0.2, 0) is 14.3 Å². The molecule has 1 aliphatic rings. The predicted molar refractivity (Wildman–Crippen MR) is 161 cm³/mol. The third-order valence-electron chi connectivity index (χ3n) is 5.39. The first-order valence-corrected chi connectivity index (χ1v) is 13.7. The zero-order valence-corrected chi connectivity index (χ0v) is 24.3. The van der Waals surface area contributed by atoms with Gasteiger partial charge in [0.15, 0.2) is 0 Å². The molecule has 11 heteroatoms. The molecule has 0 atom stereocenters. The van der Waals surface area contributed by atoms with Gasteiger partial charge < -0.3 is 15.2 Å². The fourth-order valence-electron chi connectivity index (χ4n) is 3.85. The van der Waals surface area contributed by atoms with Crippen LogP contribution in [0.2, 0.25) is 10.0 Å². The lowest BCUT2D eigenvalue weighted by molar-refractivity contribution is -0.137. The number of anilines is 1. The molecule has 3 aromatic rings. The summed E-state index contributed by atoms with van der Waals surface area (Å²) in [5, 5.41) is 10.0. The molecule has 2 heterocycles. The fourth-order valence-corrected chi connectivity index (χ4v) is 6.20. The molecule has 38 heavy (non-hydrogen) atoms. The Bertz CT molecular complexity index is 1450. The highest BCUT2D eigenvalue weighted by atomic mass is 35.5. The van der Waals surface area contributed by atoms with E-state index < -0.39 is 11.9 Å². The highest BCUT2D eigenvalue weighted by Crippen LogP contribution is 2.48. The summed E-state index contributed by atoms with van der Waals surface area (Å²) in [5.41, 5.74) is 9.35. The van der Waals surface area contributed by atoms with E-state index in [1.54, 1.807) is 62.4 Å². The third kappa shape index (κ3) is 6.11. The first-order valence-electron chi connectivity index (χ1n) is 11.3. The number of rotatable bonds is 7. The standard InChI is InChI=1S/C27H22Cl2N2O4S2.ClH/c1-3-34-26(32)22-20(14-5-9-16(28)10-6-14)18(36-24(22)30)13-19-21(15-7-11-17(29)12-8-15)23(25(31)37-19)27(33)35-4-2;/h5-13,30H,3-4,31H2,1-2H3;1H/b18-13-,30-24?;. The van der Waals surface area contributed by atoms with Crippen molar-refractivity contribution in [2.75, 3.05) is 18.9 Å². The Morgan fingerprint density at radius 3 is 2.00 bits per heavy atom.